The van der Waals surface area contributed by atoms with E-state index >= 15 is 0 Å². The number of halogens is 1. The number of carbonyl (C=O) groups excluding carboxylic acids is 1. The lowest BCUT2D eigenvalue weighted by molar-refractivity contribution is 0.0950. The monoisotopic (exact) mass is 291 g/mol. The molecular formula is C12H10BrN3O. The number of rotatable bonds is 3. The van der Waals surface area contributed by atoms with E-state index in [4.69, 9.17) is 0 Å². The first-order valence-corrected chi connectivity index (χ1v) is 5.82. The molecule has 0 radical (unpaired) electrons. The summed E-state index contributed by atoms with van der Waals surface area (Å²) < 4.78 is 0.993. The second-order valence-corrected chi connectivity index (χ2v) is 4.36. The Morgan fingerprint density at radius 2 is 2.06 bits per heavy atom. The summed E-state index contributed by atoms with van der Waals surface area (Å²) >= 11 is 3.38. The van der Waals surface area contributed by atoms with E-state index in [1.807, 2.05) is 24.3 Å². The highest BCUT2D eigenvalue weighted by molar-refractivity contribution is 9.10. The molecule has 0 bridgehead atoms. The molecular weight excluding hydrogens is 282 g/mol. The number of nitrogens with zero attached hydrogens (tertiary/aromatic N) is 2. The Hall–Kier alpha value is -1.75. The molecule has 0 aliphatic rings. The van der Waals surface area contributed by atoms with Gasteiger partial charge in [0.05, 0.1) is 5.56 Å². The molecule has 0 spiro atoms. The van der Waals surface area contributed by atoms with Crippen LogP contribution < -0.4 is 5.32 Å². The van der Waals surface area contributed by atoms with Crippen molar-refractivity contribution in [2.45, 2.75) is 6.54 Å². The van der Waals surface area contributed by atoms with Crippen molar-refractivity contribution in [3.8, 4) is 0 Å². The van der Waals surface area contributed by atoms with Crippen LogP contribution in [0.2, 0.25) is 0 Å². The number of carbonyl (C=O) groups is 1. The number of hydrogen-bond donors (Lipinski definition) is 1. The summed E-state index contributed by atoms with van der Waals surface area (Å²) in [6.07, 6.45) is 4.37. The van der Waals surface area contributed by atoms with Gasteiger partial charge in [-0.15, -0.1) is 0 Å². The van der Waals surface area contributed by atoms with E-state index in [2.05, 4.69) is 31.2 Å². The average Bonchev–Trinajstić information content (AvgIpc) is 2.37. The summed E-state index contributed by atoms with van der Waals surface area (Å²) in [5, 5.41) is 2.80. The maximum absolute atomic E-state index is 11.7. The molecule has 0 aliphatic carbocycles. The second kappa shape index (κ2) is 5.54. The molecule has 4 nitrogen and oxygen atoms in total. The van der Waals surface area contributed by atoms with E-state index in [1.54, 1.807) is 0 Å². The first kappa shape index (κ1) is 11.7. The molecule has 1 amide bonds. The van der Waals surface area contributed by atoms with Crippen molar-refractivity contribution in [2.24, 2.45) is 0 Å². The third kappa shape index (κ3) is 3.35. The molecule has 5 heteroatoms. The smallest absolute Gasteiger partial charge is 0.254 e. The number of aromatic nitrogens is 2. The normalized spacial score (nSPS) is 9.94. The Morgan fingerprint density at radius 3 is 2.76 bits per heavy atom. The van der Waals surface area contributed by atoms with Gasteiger partial charge in [-0.1, -0.05) is 28.1 Å². The molecule has 1 heterocycles. The Bertz CT molecular complexity index is 516. The quantitative estimate of drug-likeness (QED) is 0.943. The fourth-order valence-corrected chi connectivity index (χ4v) is 1.79. The summed E-state index contributed by atoms with van der Waals surface area (Å²) in [5.74, 6) is -0.175. The van der Waals surface area contributed by atoms with Crippen molar-refractivity contribution >= 4 is 21.8 Å². The zero-order valence-electron chi connectivity index (χ0n) is 8.93. The molecule has 0 unspecified atom stereocenters. The van der Waals surface area contributed by atoms with Crippen LogP contribution in [0.5, 0.6) is 0 Å². The van der Waals surface area contributed by atoms with Crippen molar-refractivity contribution in [1.82, 2.24) is 15.3 Å². The molecule has 0 atom stereocenters. The maximum atomic E-state index is 11.7. The highest BCUT2D eigenvalue weighted by Gasteiger charge is 2.04. The largest absolute Gasteiger partial charge is 0.348 e. The van der Waals surface area contributed by atoms with Crippen molar-refractivity contribution in [2.75, 3.05) is 0 Å². The van der Waals surface area contributed by atoms with Crippen LogP contribution in [0.3, 0.4) is 0 Å². The predicted octanol–water partition coefficient (Wildman–Crippen LogP) is 2.17. The summed E-state index contributed by atoms with van der Waals surface area (Å²) in [5.41, 5.74) is 1.49. The minimum atomic E-state index is -0.175. The number of nitrogens with one attached hydrogen (secondary N) is 1. The SMILES string of the molecule is O=C(NCc1cccc(Br)c1)c1cncnc1. The van der Waals surface area contributed by atoms with Gasteiger partial charge in [0.2, 0.25) is 0 Å². The predicted molar refractivity (Wildman–Crippen MR) is 67.3 cm³/mol. The van der Waals surface area contributed by atoms with Crippen LogP contribution >= 0.6 is 15.9 Å². The first-order chi connectivity index (χ1) is 8.25. The highest BCUT2D eigenvalue weighted by Crippen LogP contribution is 2.11. The standard InChI is InChI=1S/C12H10BrN3O/c13-11-3-1-2-9(4-11)5-16-12(17)10-6-14-8-15-7-10/h1-4,6-8H,5H2,(H,16,17). The molecule has 1 aromatic carbocycles. The van der Waals surface area contributed by atoms with Gasteiger partial charge in [-0.3, -0.25) is 4.79 Å². The molecule has 86 valence electrons. The molecule has 1 aromatic heterocycles. The summed E-state index contributed by atoms with van der Waals surface area (Å²) in [7, 11) is 0. The van der Waals surface area contributed by atoms with Gasteiger partial charge < -0.3 is 5.32 Å². The van der Waals surface area contributed by atoms with Crippen molar-refractivity contribution in [3.05, 3.63) is 58.6 Å². The lowest BCUT2D eigenvalue weighted by atomic mass is 10.2. The van der Waals surface area contributed by atoms with Crippen molar-refractivity contribution in [3.63, 3.8) is 0 Å². The molecule has 1 N–H and O–H groups in total. The topological polar surface area (TPSA) is 54.9 Å². The van der Waals surface area contributed by atoms with Crippen molar-refractivity contribution < 1.29 is 4.79 Å². The second-order valence-electron chi connectivity index (χ2n) is 3.44. The minimum absolute atomic E-state index is 0.175. The van der Waals surface area contributed by atoms with E-state index in [0.717, 1.165) is 10.0 Å². The minimum Gasteiger partial charge on any atom is -0.348 e. The Labute approximate surface area is 107 Å². The maximum Gasteiger partial charge on any atom is 0.254 e. The molecule has 0 saturated heterocycles. The zero-order valence-corrected chi connectivity index (χ0v) is 10.5. The summed E-state index contributed by atoms with van der Waals surface area (Å²) in [6, 6.07) is 7.78. The number of amides is 1. The molecule has 2 aromatic rings. The van der Waals surface area contributed by atoms with Gasteiger partial charge >= 0.3 is 0 Å². The van der Waals surface area contributed by atoms with Gasteiger partial charge in [-0.25, -0.2) is 9.97 Å². The third-order valence-electron chi connectivity index (χ3n) is 2.16. The van der Waals surface area contributed by atoms with Gasteiger partial charge in [0.15, 0.2) is 0 Å². The first-order valence-electron chi connectivity index (χ1n) is 5.03. The van der Waals surface area contributed by atoms with E-state index in [-0.39, 0.29) is 5.91 Å². The van der Waals surface area contributed by atoms with Gasteiger partial charge in [-0.2, -0.15) is 0 Å². The Morgan fingerprint density at radius 1 is 1.29 bits per heavy atom. The lowest BCUT2D eigenvalue weighted by Gasteiger charge is -2.05. The van der Waals surface area contributed by atoms with E-state index in [9.17, 15) is 4.79 Å². The van der Waals surface area contributed by atoms with Crippen LogP contribution in [0.15, 0.2) is 47.5 Å². The molecule has 0 saturated carbocycles. The van der Waals surface area contributed by atoms with Crippen LogP contribution in [-0.4, -0.2) is 15.9 Å². The van der Waals surface area contributed by atoms with Crippen LogP contribution in [0, 0.1) is 0 Å². The van der Waals surface area contributed by atoms with E-state index < -0.39 is 0 Å². The zero-order chi connectivity index (χ0) is 12.1. The van der Waals surface area contributed by atoms with Crippen LogP contribution in [-0.2, 0) is 6.54 Å². The number of benzene rings is 1. The fraction of sp³-hybridized carbons (Fsp3) is 0.0833. The van der Waals surface area contributed by atoms with Crippen LogP contribution in [0.1, 0.15) is 15.9 Å². The summed E-state index contributed by atoms with van der Waals surface area (Å²) in [6.45, 7) is 0.479. The third-order valence-corrected chi connectivity index (χ3v) is 2.66. The Kier molecular flexibility index (Phi) is 3.82. The highest BCUT2D eigenvalue weighted by atomic mass is 79.9. The lowest BCUT2D eigenvalue weighted by Crippen LogP contribution is -2.23. The van der Waals surface area contributed by atoms with Gasteiger partial charge in [0.1, 0.15) is 6.33 Å². The molecule has 17 heavy (non-hydrogen) atoms. The Balaban J connectivity index is 1.97. The number of hydrogen-bond acceptors (Lipinski definition) is 3. The molecule has 0 fully saturated rings. The van der Waals surface area contributed by atoms with Crippen LogP contribution in [0.4, 0.5) is 0 Å². The average molecular weight is 292 g/mol. The van der Waals surface area contributed by atoms with E-state index in [0.29, 0.717) is 12.1 Å². The van der Waals surface area contributed by atoms with Crippen molar-refractivity contribution in [1.29, 1.82) is 0 Å². The molecule has 2 rings (SSSR count). The van der Waals surface area contributed by atoms with Gasteiger partial charge in [-0.05, 0) is 17.7 Å². The van der Waals surface area contributed by atoms with E-state index in [1.165, 1.54) is 18.7 Å². The molecule has 0 aliphatic heterocycles. The van der Waals surface area contributed by atoms with Gasteiger partial charge in [0.25, 0.3) is 5.91 Å². The van der Waals surface area contributed by atoms with Crippen LogP contribution in [0.25, 0.3) is 0 Å². The van der Waals surface area contributed by atoms with Gasteiger partial charge in [0, 0.05) is 23.4 Å². The summed E-state index contributed by atoms with van der Waals surface area (Å²) in [4.78, 5) is 19.3. The fourth-order valence-electron chi connectivity index (χ4n) is 1.35.